The summed E-state index contributed by atoms with van der Waals surface area (Å²) in [5.41, 5.74) is 2.52. The van der Waals surface area contributed by atoms with Crippen molar-refractivity contribution in [1.82, 2.24) is 4.98 Å². The molecule has 1 aliphatic heterocycles. The van der Waals surface area contributed by atoms with E-state index in [0.717, 1.165) is 10.0 Å². The Labute approximate surface area is 194 Å². The van der Waals surface area contributed by atoms with Crippen LogP contribution < -0.4 is 9.64 Å². The minimum atomic E-state index is -0.786. The second kappa shape index (κ2) is 8.96. The van der Waals surface area contributed by atoms with Gasteiger partial charge in [-0.3, -0.25) is 19.5 Å². The number of benzene rings is 2. The van der Waals surface area contributed by atoms with Gasteiger partial charge in [-0.2, -0.15) is 0 Å². The lowest BCUT2D eigenvalue weighted by Gasteiger charge is -2.25. The second-order valence-electron chi connectivity index (χ2n) is 7.34. The van der Waals surface area contributed by atoms with Gasteiger partial charge in [-0.05, 0) is 79.6 Å². The number of hydrogen-bond donors (Lipinski definition) is 1. The number of nitrogens with zero attached hydrogens (tertiary/aromatic N) is 2. The van der Waals surface area contributed by atoms with Crippen LogP contribution in [0.2, 0.25) is 0 Å². The fraction of sp³-hybridized carbons (Fsp3) is 0.160. The van der Waals surface area contributed by atoms with Gasteiger partial charge in [0.15, 0.2) is 0 Å². The summed E-state index contributed by atoms with van der Waals surface area (Å²) in [6.45, 7) is 4.28. The van der Waals surface area contributed by atoms with E-state index < -0.39 is 17.7 Å². The molecule has 3 aromatic rings. The number of aromatic nitrogens is 1. The van der Waals surface area contributed by atoms with Gasteiger partial charge in [0, 0.05) is 28.1 Å². The number of aliphatic hydroxyl groups is 1. The summed E-state index contributed by atoms with van der Waals surface area (Å²) in [7, 11) is 0. The van der Waals surface area contributed by atoms with Gasteiger partial charge < -0.3 is 9.84 Å². The van der Waals surface area contributed by atoms with E-state index in [0.29, 0.717) is 29.2 Å². The Kier molecular flexibility index (Phi) is 6.10. The molecule has 1 amide bonds. The highest BCUT2D eigenvalue weighted by molar-refractivity contribution is 9.10. The van der Waals surface area contributed by atoms with E-state index in [1.807, 2.05) is 13.8 Å². The summed E-state index contributed by atoms with van der Waals surface area (Å²) in [6.07, 6.45) is 3.19. The number of amides is 1. The molecule has 1 unspecified atom stereocenters. The number of halogens is 1. The number of hydrogen-bond acceptors (Lipinski definition) is 5. The maximum absolute atomic E-state index is 13.2. The number of rotatable bonds is 5. The van der Waals surface area contributed by atoms with Crippen LogP contribution in [0.3, 0.4) is 0 Å². The predicted octanol–water partition coefficient (Wildman–Crippen LogP) is 5.18. The third-order valence-corrected chi connectivity index (χ3v) is 5.85. The van der Waals surface area contributed by atoms with Crippen molar-refractivity contribution in [3.05, 3.63) is 93.7 Å². The highest BCUT2D eigenvalue weighted by Crippen LogP contribution is 2.42. The van der Waals surface area contributed by atoms with Crippen LogP contribution >= 0.6 is 15.9 Å². The second-order valence-corrected chi connectivity index (χ2v) is 8.26. The van der Waals surface area contributed by atoms with Crippen LogP contribution in [0.1, 0.15) is 29.7 Å². The lowest BCUT2D eigenvalue weighted by Crippen LogP contribution is -2.29. The normalized spacial score (nSPS) is 17.6. The van der Waals surface area contributed by atoms with Gasteiger partial charge in [-0.15, -0.1) is 0 Å². The number of carbonyl (C=O) groups excluding carboxylic acids is 2. The fourth-order valence-corrected chi connectivity index (χ4v) is 4.10. The van der Waals surface area contributed by atoms with Crippen molar-refractivity contribution in [2.75, 3.05) is 11.5 Å². The van der Waals surface area contributed by atoms with Gasteiger partial charge in [-0.25, -0.2) is 0 Å². The molecule has 0 bridgehead atoms. The first-order valence-electron chi connectivity index (χ1n) is 10.1. The monoisotopic (exact) mass is 492 g/mol. The van der Waals surface area contributed by atoms with Crippen LogP contribution in [-0.4, -0.2) is 28.4 Å². The Hall–Kier alpha value is -3.45. The number of pyridine rings is 1. The van der Waals surface area contributed by atoms with Crippen molar-refractivity contribution in [2.45, 2.75) is 19.9 Å². The first kappa shape index (κ1) is 21.8. The molecule has 162 valence electrons. The summed E-state index contributed by atoms with van der Waals surface area (Å²) < 4.78 is 6.42. The Morgan fingerprint density at radius 2 is 1.78 bits per heavy atom. The molecule has 7 heteroatoms. The summed E-state index contributed by atoms with van der Waals surface area (Å²) in [6, 6.07) is 15.0. The molecule has 1 aliphatic rings. The van der Waals surface area contributed by atoms with Crippen LogP contribution in [0.5, 0.6) is 5.75 Å². The summed E-state index contributed by atoms with van der Waals surface area (Å²) in [4.78, 5) is 31.7. The maximum Gasteiger partial charge on any atom is 0.300 e. The Morgan fingerprint density at radius 1 is 1.09 bits per heavy atom. The van der Waals surface area contributed by atoms with Crippen LogP contribution in [0.4, 0.5) is 5.69 Å². The van der Waals surface area contributed by atoms with Crippen LogP contribution in [0.15, 0.2) is 77.0 Å². The minimum Gasteiger partial charge on any atom is -0.507 e. The smallest absolute Gasteiger partial charge is 0.300 e. The molecule has 2 aromatic carbocycles. The SMILES string of the molecule is CCOc1ccc(/C(O)=C2/C(=O)C(=O)N(c3ccc(Br)cc3)C2c2ccncc2)cc1C. The van der Waals surface area contributed by atoms with E-state index >= 15 is 0 Å². The first-order chi connectivity index (χ1) is 15.4. The molecule has 0 aliphatic carbocycles. The van der Waals surface area contributed by atoms with Crippen LogP contribution in [-0.2, 0) is 9.59 Å². The minimum absolute atomic E-state index is 0.0349. The highest BCUT2D eigenvalue weighted by Gasteiger charge is 2.46. The Balaban J connectivity index is 1.89. The zero-order valence-electron chi connectivity index (χ0n) is 17.6. The van der Waals surface area contributed by atoms with E-state index in [4.69, 9.17) is 4.74 Å². The van der Waals surface area contributed by atoms with Crippen molar-refractivity contribution in [2.24, 2.45) is 0 Å². The van der Waals surface area contributed by atoms with E-state index in [1.165, 1.54) is 4.90 Å². The summed E-state index contributed by atoms with van der Waals surface area (Å²) >= 11 is 3.39. The molecule has 0 radical (unpaired) electrons. The van der Waals surface area contributed by atoms with Crippen molar-refractivity contribution in [3.8, 4) is 5.75 Å². The molecular formula is C25H21BrN2O4. The molecule has 0 saturated carbocycles. The molecule has 0 spiro atoms. The molecule has 1 atom stereocenters. The Morgan fingerprint density at radius 3 is 2.41 bits per heavy atom. The largest absolute Gasteiger partial charge is 0.507 e. The lowest BCUT2D eigenvalue weighted by atomic mass is 9.95. The standard InChI is InChI=1S/C25H21BrN2O4/c1-3-32-20-9-4-17(14-15(20)2)23(29)21-22(16-10-12-27-13-11-16)28(25(31)24(21)30)19-7-5-18(26)6-8-19/h4-14,22,29H,3H2,1-2H3/b23-21-. The number of aliphatic hydroxyl groups excluding tert-OH is 1. The van der Waals surface area contributed by atoms with Crippen LogP contribution in [0, 0.1) is 6.92 Å². The summed E-state index contributed by atoms with van der Waals surface area (Å²) in [5, 5.41) is 11.2. The number of ketones is 1. The molecule has 1 aromatic heterocycles. The van der Waals surface area contributed by atoms with E-state index in [2.05, 4.69) is 20.9 Å². The number of aryl methyl sites for hydroxylation is 1. The Bertz CT molecular complexity index is 1210. The average molecular weight is 493 g/mol. The topological polar surface area (TPSA) is 79.7 Å². The van der Waals surface area contributed by atoms with E-state index in [9.17, 15) is 14.7 Å². The molecule has 1 saturated heterocycles. The quantitative estimate of drug-likeness (QED) is 0.301. The van der Waals surface area contributed by atoms with Crippen LogP contribution in [0.25, 0.3) is 5.76 Å². The van der Waals surface area contributed by atoms with E-state index in [1.54, 1.807) is 67.0 Å². The number of anilines is 1. The zero-order chi connectivity index (χ0) is 22.8. The predicted molar refractivity (Wildman–Crippen MR) is 126 cm³/mol. The molecule has 4 rings (SSSR count). The molecule has 6 nitrogen and oxygen atoms in total. The zero-order valence-corrected chi connectivity index (χ0v) is 19.2. The van der Waals surface area contributed by atoms with Gasteiger partial charge in [0.05, 0.1) is 18.2 Å². The third kappa shape index (κ3) is 3.91. The van der Waals surface area contributed by atoms with Gasteiger partial charge >= 0.3 is 0 Å². The van der Waals surface area contributed by atoms with Gasteiger partial charge in [-0.1, -0.05) is 15.9 Å². The number of ether oxygens (including phenoxy) is 1. The van der Waals surface area contributed by atoms with Crippen molar-refractivity contribution >= 4 is 39.1 Å². The molecule has 1 fully saturated rings. The van der Waals surface area contributed by atoms with E-state index in [-0.39, 0.29) is 11.3 Å². The van der Waals surface area contributed by atoms with Gasteiger partial charge in [0.25, 0.3) is 11.7 Å². The van der Waals surface area contributed by atoms with Gasteiger partial charge in [0.2, 0.25) is 0 Å². The molecular weight excluding hydrogens is 472 g/mol. The molecule has 2 heterocycles. The summed E-state index contributed by atoms with van der Waals surface area (Å²) in [5.74, 6) is -0.960. The first-order valence-corrected chi connectivity index (χ1v) is 10.9. The fourth-order valence-electron chi connectivity index (χ4n) is 3.83. The van der Waals surface area contributed by atoms with Crippen molar-refractivity contribution in [1.29, 1.82) is 0 Å². The molecule has 32 heavy (non-hydrogen) atoms. The van der Waals surface area contributed by atoms with Crippen molar-refractivity contribution in [3.63, 3.8) is 0 Å². The highest BCUT2D eigenvalue weighted by atomic mass is 79.9. The lowest BCUT2D eigenvalue weighted by molar-refractivity contribution is -0.132. The maximum atomic E-state index is 13.2. The van der Waals surface area contributed by atoms with Gasteiger partial charge in [0.1, 0.15) is 11.5 Å². The number of Topliss-reactive ketones (excluding diaryl/α,β-unsaturated/α-hetero) is 1. The average Bonchev–Trinajstić information content (AvgIpc) is 3.06. The molecule has 1 N–H and O–H groups in total. The number of carbonyl (C=O) groups is 2. The van der Waals surface area contributed by atoms with Crippen molar-refractivity contribution < 1.29 is 19.4 Å². The third-order valence-electron chi connectivity index (χ3n) is 5.32.